The molecule has 0 bridgehead atoms. The largest absolute Gasteiger partial charge is 0.512 e. The van der Waals surface area contributed by atoms with Crippen molar-refractivity contribution in [3.63, 3.8) is 0 Å². The van der Waals surface area contributed by atoms with Crippen molar-refractivity contribution in [3.8, 4) is 0 Å². The molecule has 2 N–H and O–H groups in total. The minimum Gasteiger partial charge on any atom is -0.512 e. The van der Waals surface area contributed by atoms with Crippen molar-refractivity contribution in [1.29, 1.82) is 0 Å². The van der Waals surface area contributed by atoms with Gasteiger partial charge in [0, 0.05) is 5.92 Å². The maximum Gasteiger partial charge on any atom is 0.0991 e. The average molecular weight is 457 g/mol. The van der Waals surface area contributed by atoms with E-state index < -0.39 is 5.60 Å². The van der Waals surface area contributed by atoms with Gasteiger partial charge in [-0.05, 0) is 116 Å². The summed E-state index contributed by atoms with van der Waals surface area (Å²) in [5, 5.41) is 21.6. The van der Waals surface area contributed by atoms with Gasteiger partial charge in [0.2, 0.25) is 0 Å². The first-order chi connectivity index (χ1) is 15.4. The van der Waals surface area contributed by atoms with Gasteiger partial charge in [-0.3, -0.25) is 0 Å². The number of hydrogen-bond donors (Lipinski definition) is 2. The maximum absolute atomic E-state index is 10.9. The van der Waals surface area contributed by atoms with Crippen LogP contribution in [0, 0.1) is 11.8 Å². The summed E-state index contributed by atoms with van der Waals surface area (Å²) in [4.78, 5) is 0. The Morgan fingerprint density at radius 1 is 0.848 bits per heavy atom. The van der Waals surface area contributed by atoms with Gasteiger partial charge in [0.1, 0.15) is 0 Å². The first-order valence-corrected chi connectivity index (χ1v) is 13.2. The second-order valence-corrected chi connectivity index (χ2v) is 10.9. The molecule has 188 valence electrons. The number of allylic oxidation sites excluding steroid dienone is 10. The monoisotopic (exact) mass is 456 g/mol. The second kappa shape index (κ2) is 14.0. The molecule has 1 aliphatic rings. The van der Waals surface area contributed by atoms with E-state index in [1.54, 1.807) is 0 Å². The van der Waals surface area contributed by atoms with Crippen LogP contribution in [0.1, 0.15) is 120 Å². The van der Waals surface area contributed by atoms with Gasteiger partial charge in [0.25, 0.3) is 0 Å². The second-order valence-electron chi connectivity index (χ2n) is 10.9. The predicted molar refractivity (Wildman–Crippen MR) is 145 cm³/mol. The lowest BCUT2D eigenvalue weighted by molar-refractivity contribution is 0.0429. The van der Waals surface area contributed by atoms with Crippen molar-refractivity contribution in [2.75, 3.05) is 0 Å². The van der Waals surface area contributed by atoms with E-state index in [2.05, 4.69) is 73.6 Å². The highest BCUT2D eigenvalue weighted by Crippen LogP contribution is 2.39. The highest BCUT2D eigenvalue weighted by atomic mass is 16.3. The van der Waals surface area contributed by atoms with E-state index in [-0.39, 0.29) is 5.92 Å². The first kappa shape index (κ1) is 29.5. The average Bonchev–Trinajstić information content (AvgIpc) is 2.76. The fourth-order valence-electron chi connectivity index (χ4n) is 4.56. The third-order valence-electron chi connectivity index (χ3n) is 7.93. The van der Waals surface area contributed by atoms with Crippen molar-refractivity contribution < 1.29 is 10.2 Å². The van der Waals surface area contributed by atoms with E-state index in [1.165, 1.54) is 27.9 Å². The summed E-state index contributed by atoms with van der Waals surface area (Å²) in [7, 11) is 0. The number of hydrogen-bond acceptors (Lipinski definition) is 2. The minimum atomic E-state index is -0.717. The smallest absolute Gasteiger partial charge is 0.0991 e. The first-order valence-electron chi connectivity index (χ1n) is 13.2. The van der Waals surface area contributed by atoms with E-state index >= 15 is 0 Å². The summed E-state index contributed by atoms with van der Waals surface area (Å²) in [6.45, 7) is 19.4. The van der Waals surface area contributed by atoms with E-state index in [9.17, 15) is 10.2 Å². The lowest BCUT2D eigenvalue weighted by Crippen LogP contribution is -2.25. The molecule has 1 rings (SSSR count). The molecule has 2 heteroatoms. The Morgan fingerprint density at radius 3 is 1.91 bits per heavy atom. The molecule has 0 aliphatic heterocycles. The third-order valence-corrected chi connectivity index (χ3v) is 7.93. The molecule has 1 aliphatic carbocycles. The minimum absolute atomic E-state index is 0.161. The molecule has 0 fully saturated rings. The molecule has 0 spiro atoms. The highest BCUT2D eigenvalue weighted by Gasteiger charge is 2.29. The summed E-state index contributed by atoms with van der Waals surface area (Å²) >= 11 is 0. The zero-order chi connectivity index (χ0) is 25.2. The third kappa shape index (κ3) is 10.1. The summed E-state index contributed by atoms with van der Waals surface area (Å²) in [6.07, 6.45) is 15.7. The fraction of sp³-hybridized carbons (Fsp3) is 0.677. The highest BCUT2D eigenvalue weighted by molar-refractivity contribution is 5.40. The van der Waals surface area contributed by atoms with Crippen molar-refractivity contribution >= 4 is 0 Å². The van der Waals surface area contributed by atoms with Gasteiger partial charge in [0.05, 0.1) is 11.4 Å². The van der Waals surface area contributed by atoms with Crippen LogP contribution in [-0.4, -0.2) is 15.8 Å². The standard InChI is InChI=1S/C31H52O2/c1-10-22(2)14-11-15-23(3)16-12-17-24(4)18-13-20-31(9,33)21-19-29-27(7)25(5)26(6)28(8)30(29)32/h14,16,18,26,28,32-33H,10-13,15,17,19-21H2,1-9H3/b22-14+,23-16+,24-18+. The van der Waals surface area contributed by atoms with Gasteiger partial charge in [-0.15, -0.1) is 0 Å². The van der Waals surface area contributed by atoms with Gasteiger partial charge in [-0.25, -0.2) is 0 Å². The van der Waals surface area contributed by atoms with Gasteiger partial charge < -0.3 is 10.2 Å². The van der Waals surface area contributed by atoms with Crippen LogP contribution in [0.2, 0.25) is 0 Å². The summed E-state index contributed by atoms with van der Waals surface area (Å²) in [5.41, 5.74) is 7.28. The van der Waals surface area contributed by atoms with Gasteiger partial charge in [-0.1, -0.05) is 61.3 Å². The van der Waals surface area contributed by atoms with Gasteiger partial charge in [0.15, 0.2) is 0 Å². The summed E-state index contributed by atoms with van der Waals surface area (Å²) < 4.78 is 0. The Kier molecular flexibility index (Phi) is 12.5. The quantitative estimate of drug-likeness (QED) is 0.271. The molecule has 3 unspecified atom stereocenters. The van der Waals surface area contributed by atoms with Crippen LogP contribution >= 0.6 is 0 Å². The number of rotatable bonds is 13. The van der Waals surface area contributed by atoms with E-state index in [4.69, 9.17) is 0 Å². The van der Waals surface area contributed by atoms with Gasteiger partial charge in [-0.2, -0.15) is 0 Å². The van der Waals surface area contributed by atoms with Crippen LogP contribution in [0.25, 0.3) is 0 Å². The van der Waals surface area contributed by atoms with E-state index in [0.717, 1.165) is 56.9 Å². The molecule has 33 heavy (non-hydrogen) atoms. The summed E-state index contributed by atoms with van der Waals surface area (Å²) in [6, 6.07) is 0. The Bertz CT molecular complexity index is 786. The van der Waals surface area contributed by atoms with Crippen molar-refractivity contribution in [2.45, 2.75) is 126 Å². The lowest BCUT2D eigenvalue weighted by atomic mass is 9.76. The zero-order valence-electron chi connectivity index (χ0n) is 23.1. The number of aliphatic hydroxyl groups is 2. The van der Waals surface area contributed by atoms with Crippen LogP contribution in [0.3, 0.4) is 0 Å². The van der Waals surface area contributed by atoms with Crippen LogP contribution in [0.4, 0.5) is 0 Å². The van der Waals surface area contributed by atoms with Crippen LogP contribution in [0.5, 0.6) is 0 Å². The maximum atomic E-state index is 10.9. The topological polar surface area (TPSA) is 40.5 Å². The van der Waals surface area contributed by atoms with E-state index in [1.807, 2.05) is 6.92 Å². The molecule has 0 heterocycles. The molecular weight excluding hydrogens is 404 g/mol. The SMILES string of the molecule is CC/C(C)=C/CC/C(C)=C/CC/C(C)=C/CCC(C)(O)CCC1=C(O)C(C)C(C)C(C)=C1C. The predicted octanol–water partition coefficient (Wildman–Crippen LogP) is 9.54. The van der Waals surface area contributed by atoms with Crippen LogP contribution in [-0.2, 0) is 0 Å². The lowest BCUT2D eigenvalue weighted by Gasteiger charge is -2.32. The Hall–Kier alpha value is -1.54. The summed E-state index contributed by atoms with van der Waals surface area (Å²) in [5.74, 6) is 1.06. The van der Waals surface area contributed by atoms with Crippen molar-refractivity contribution in [3.05, 3.63) is 57.4 Å². The Balaban J connectivity index is 2.47. The molecule has 3 atom stereocenters. The molecule has 0 aromatic rings. The number of aliphatic hydroxyl groups excluding tert-OH is 1. The van der Waals surface area contributed by atoms with Crippen molar-refractivity contribution in [1.82, 2.24) is 0 Å². The fourth-order valence-corrected chi connectivity index (χ4v) is 4.56. The molecule has 2 nitrogen and oxygen atoms in total. The normalized spacial score (nSPS) is 22.8. The molecule has 0 saturated heterocycles. The van der Waals surface area contributed by atoms with Crippen LogP contribution < -0.4 is 0 Å². The molecule has 0 aromatic carbocycles. The van der Waals surface area contributed by atoms with Crippen LogP contribution in [0.15, 0.2) is 57.4 Å². The molecule has 0 radical (unpaired) electrons. The van der Waals surface area contributed by atoms with Crippen molar-refractivity contribution in [2.24, 2.45) is 11.8 Å². The van der Waals surface area contributed by atoms with Gasteiger partial charge >= 0.3 is 0 Å². The molecule has 0 aromatic heterocycles. The molecule has 0 amide bonds. The molecular formula is C31H52O2. The van der Waals surface area contributed by atoms with E-state index in [0.29, 0.717) is 18.1 Å². The zero-order valence-corrected chi connectivity index (χ0v) is 23.1. The Morgan fingerprint density at radius 2 is 1.36 bits per heavy atom. The molecule has 0 saturated carbocycles. The Labute approximate surface area is 205 Å².